The molecule has 0 aromatic heterocycles. The number of carbonyl (C=O) groups is 2. The lowest BCUT2D eigenvalue weighted by Gasteiger charge is -2.21. The Balaban J connectivity index is 2.14. The molecule has 0 radical (unpaired) electrons. The monoisotopic (exact) mass is 336 g/mol. The molecule has 25 heavy (non-hydrogen) atoms. The molecular formula is C19H12O6. The van der Waals surface area contributed by atoms with Gasteiger partial charge in [-0.25, -0.2) is 0 Å². The number of rotatable bonds is 0. The molecule has 0 heterocycles. The van der Waals surface area contributed by atoms with E-state index in [1.807, 2.05) is 0 Å². The molecule has 0 bridgehead atoms. The van der Waals surface area contributed by atoms with Gasteiger partial charge in [0.25, 0.3) is 0 Å². The van der Waals surface area contributed by atoms with Crippen LogP contribution in [0.1, 0.15) is 37.4 Å². The Bertz CT molecular complexity index is 1130. The minimum Gasteiger partial charge on any atom is -0.508 e. The maximum Gasteiger partial charge on any atom is 0.201 e. The van der Waals surface area contributed by atoms with Crippen LogP contribution in [0.2, 0.25) is 0 Å². The van der Waals surface area contributed by atoms with Crippen LogP contribution in [0.4, 0.5) is 0 Å². The summed E-state index contributed by atoms with van der Waals surface area (Å²) in [5.74, 6) is -2.58. The van der Waals surface area contributed by atoms with Gasteiger partial charge in [0.1, 0.15) is 23.0 Å². The van der Waals surface area contributed by atoms with Crippen molar-refractivity contribution in [1.29, 1.82) is 0 Å². The van der Waals surface area contributed by atoms with E-state index in [2.05, 4.69) is 0 Å². The van der Waals surface area contributed by atoms with E-state index in [0.717, 1.165) is 12.1 Å². The van der Waals surface area contributed by atoms with E-state index < -0.39 is 17.3 Å². The Labute approximate surface area is 141 Å². The highest BCUT2D eigenvalue weighted by molar-refractivity contribution is 6.32. The van der Waals surface area contributed by atoms with Gasteiger partial charge < -0.3 is 20.4 Å². The Morgan fingerprint density at radius 2 is 1.36 bits per heavy atom. The first-order valence-electron chi connectivity index (χ1n) is 7.44. The zero-order valence-electron chi connectivity index (χ0n) is 13.0. The molecule has 0 saturated carbocycles. The molecular weight excluding hydrogens is 324 g/mol. The second-order valence-corrected chi connectivity index (χ2v) is 6.05. The number of ketones is 2. The smallest absolute Gasteiger partial charge is 0.201 e. The maximum absolute atomic E-state index is 12.8. The number of aryl methyl sites for hydroxylation is 1. The van der Waals surface area contributed by atoms with E-state index in [4.69, 9.17) is 0 Å². The van der Waals surface area contributed by atoms with E-state index in [9.17, 15) is 30.0 Å². The number of phenols is 4. The van der Waals surface area contributed by atoms with Crippen molar-refractivity contribution >= 4 is 22.3 Å². The van der Waals surface area contributed by atoms with Crippen molar-refractivity contribution in [1.82, 2.24) is 0 Å². The number of carbonyl (C=O) groups excluding carboxylic acids is 2. The Hall–Kier alpha value is -3.54. The number of fused-ring (bicyclic) bond motifs is 3. The van der Waals surface area contributed by atoms with E-state index in [-0.39, 0.29) is 39.5 Å². The number of hydrogen-bond acceptors (Lipinski definition) is 6. The fraction of sp³-hybridized carbons (Fsp3) is 0.0526. The van der Waals surface area contributed by atoms with Gasteiger partial charge in [0, 0.05) is 22.6 Å². The van der Waals surface area contributed by atoms with Crippen molar-refractivity contribution in [3.63, 3.8) is 0 Å². The van der Waals surface area contributed by atoms with E-state index >= 15 is 0 Å². The molecule has 0 spiro atoms. The first-order chi connectivity index (χ1) is 11.8. The van der Waals surface area contributed by atoms with Crippen LogP contribution in [0.5, 0.6) is 23.0 Å². The van der Waals surface area contributed by atoms with Gasteiger partial charge in [-0.1, -0.05) is 0 Å². The molecule has 0 atom stereocenters. The maximum atomic E-state index is 12.8. The van der Waals surface area contributed by atoms with Gasteiger partial charge in [0.05, 0.1) is 11.1 Å². The minimum atomic E-state index is -0.700. The Morgan fingerprint density at radius 1 is 0.720 bits per heavy atom. The van der Waals surface area contributed by atoms with Crippen molar-refractivity contribution in [2.45, 2.75) is 6.92 Å². The molecule has 1 aliphatic carbocycles. The second kappa shape index (κ2) is 4.73. The van der Waals surface area contributed by atoms with E-state index in [1.165, 1.54) is 18.2 Å². The van der Waals surface area contributed by atoms with Crippen LogP contribution in [0.3, 0.4) is 0 Å². The average molecular weight is 336 g/mol. The molecule has 6 heteroatoms. The summed E-state index contributed by atoms with van der Waals surface area (Å²) in [6.07, 6.45) is 0. The lowest BCUT2D eigenvalue weighted by molar-refractivity contribution is 0.0974. The Kier molecular flexibility index (Phi) is 2.84. The third kappa shape index (κ3) is 1.91. The van der Waals surface area contributed by atoms with Gasteiger partial charge in [-0.05, 0) is 42.1 Å². The van der Waals surface area contributed by atoms with Crippen LogP contribution < -0.4 is 0 Å². The second-order valence-electron chi connectivity index (χ2n) is 6.05. The van der Waals surface area contributed by atoms with Gasteiger partial charge in [0.15, 0.2) is 5.78 Å². The van der Waals surface area contributed by atoms with Gasteiger partial charge in [0.2, 0.25) is 5.78 Å². The van der Waals surface area contributed by atoms with Crippen molar-refractivity contribution < 1.29 is 30.0 Å². The highest BCUT2D eigenvalue weighted by Gasteiger charge is 2.35. The summed E-state index contributed by atoms with van der Waals surface area (Å²) in [4.78, 5) is 25.6. The molecule has 0 saturated heterocycles. The molecule has 0 unspecified atom stereocenters. The largest absolute Gasteiger partial charge is 0.508 e. The molecule has 1 aliphatic rings. The minimum absolute atomic E-state index is 0.0328. The van der Waals surface area contributed by atoms with Crippen LogP contribution in [0.25, 0.3) is 10.8 Å². The van der Waals surface area contributed by atoms with Crippen LogP contribution >= 0.6 is 0 Å². The molecule has 6 nitrogen and oxygen atoms in total. The van der Waals surface area contributed by atoms with Crippen molar-refractivity contribution in [2.75, 3.05) is 0 Å². The summed E-state index contributed by atoms with van der Waals surface area (Å²) < 4.78 is 0. The normalized spacial score (nSPS) is 13.0. The molecule has 0 aliphatic heterocycles. The lowest BCUT2D eigenvalue weighted by atomic mass is 9.81. The number of phenolic OH excluding ortho intramolecular Hbond substituents is 4. The average Bonchev–Trinajstić information content (AvgIpc) is 2.50. The van der Waals surface area contributed by atoms with E-state index in [0.29, 0.717) is 16.3 Å². The SMILES string of the molecule is Cc1cc(O)cc2cc3c(c(O)c12)C(=O)c1c(O)cc(O)cc1C3=O. The summed E-state index contributed by atoms with van der Waals surface area (Å²) in [5.41, 5.74) is -0.0828. The summed E-state index contributed by atoms with van der Waals surface area (Å²) in [6.45, 7) is 1.66. The summed E-state index contributed by atoms with van der Waals surface area (Å²) >= 11 is 0. The zero-order chi connectivity index (χ0) is 18.0. The fourth-order valence-electron chi connectivity index (χ4n) is 3.42. The standard InChI is InChI=1S/C19H12O6/c1-7-2-9(20)3-8-4-11-16(18(24)14(7)8)19(25)15-12(17(11)23)5-10(21)6-13(15)22/h2-6,20-22,24H,1H3. The molecule has 124 valence electrons. The first kappa shape index (κ1) is 15.0. The molecule has 4 N–H and O–H groups in total. The molecule has 3 aromatic rings. The fourth-order valence-corrected chi connectivity index (χ4v) is 3.42. The summed E-state index contributed by atoms with van der Waals surface area (Å²) in [7, 11) is 0. The number of aromatic hydroxyl groups is 4. The van der Waals surface area contributed by atoms with E-state index in [1.54, 1.807) is 6.92 Å². The number of hydrogen-bond donors (Lipinski definition) is 4. The molecule has 0 amide bonds. The predicted octanol–water partition coefficient (Wildman–Crippen LogP) is 2.75. The zero-order valence-corrected chi connectivity index (χ0v) is 13.0. The van der Waals surface area contributed by atoms with Crippen LogP contribution in [0.15, 0.2) is 30.3 Å². The molecule has 3 aromatic carbocycles. The number of benzene rings is 3. The topological polar surface area (TPSA) is 115 Å². The van der Waals surface area contributed by atoms with Gasteiger partial charge >= 0.3 is 0 Å². The van der Waals surface area contributed by atoms with Gasteiger partial charge in [-0.3, -0.25) is 9.59 Å². The summed E-state index contributed by atoms with van der Waals surface area (Å²) in [5, 5.41) is 40.8. The molecule has 4 rings (SSSR count). The summed E-state index contributed by atoms with van der Waals surface area (Å²) in [6, 6.07) is 6.31. The highest BCUT2D eigenvalue weighted by atomic mass is 16.3. The van der Waals surface area contributed by atoms with Crippen molar-refractivity contribution in [3.8, 4) is 23.0 Å². The third-order valence-electron chi connectivity index (χ3n) is 4.44. The van der Waals surface area contributed by atoms with Crippen LogP contribution in [-0.4, -0.2) is 32.0 Å². The highest BCUT2D eigenvalue weighted by Crippen LogP contribution is 2.43. The van der Waals surface area contributed by atoms with Crippen LogP contribution in [-0.2, 0) is 0 Å². The van der Waals surface area contributed by atoms with Crippen LogP contribution in [0, 0.1) is 6.92 Å². The van der Waals surface area contributed by atoms with Gasteiger partial charge in [-0.2, -0.15) is 0 Å². The van der Waals surface area contributed by atoms with Crippen molar-refractivity contribution in [3.05, 3.63) is 58.1 Å². The Morgan fingerprint density at radius 3 is 2.08 bits per heavy atom. The van der Waals surface area contributed by atoms with Crippen molar-refractivity contribution in [2.24, 2.45) is 0 Å². The lowest BCUT2D eigenvalue weighted by Crippen LogP contribution is -2.21. The van der Waals surface area contributed by atoms with Gasteiger partial charge in [-0.15, -0.1) is 0 Å². The third-order valence-corrected chi connectivity index (χ3v) is 4.44. The molecule has 0 fully saturated rings. The quantitative estimate of drug-likeness (QED) is 0.392. The predicted molar refractivity (Wildman–Crippen MR) is 88.7 cm³/mol. The first-order valence-corrected chi connectivity index (χ1v) is 7.44.